The number of hydrogen-bond acceptors (Lipinski definition) is 3. The van der Waals surface area contributed by atoms with Crippen molar-refractivity contribution in [3.05, 3.63) is 34.3 Å². The Morgan fingerprint density at radius 1 is 1.25 bits per heavy atom. The number of halogens is 4. The zero-order valence-electron chi connectivity index (χ0n) is 12.6. The Bertz CT molecular complexity index is 601. The molecule has 0 aromatic heterocycles. The second-order valence-corrected chi connectivity index (χ2v) is 6.52. The fourth-order valence-corrected chi connectivity index (χ4v) is 2.75. The highest BCUT2D eigenvalue weighted by Gasteiger charge is 2.47. The first-order valence-electron chi connectivity index (χ1n) is 7.23. The topological polar surface area (TPSA) is 60.9 Å². The summed E-state index contributed by atoms with van der Waals surface area (Å²) in [5.41, 5.74) is 0.921. The minimum Gasteiger partial charge on any atom is -0.481 e. The van der Waals surface area contributed by atoms with E-state index in [2.05, 4.69) is 15.9 Å². The summed E-state index contributed by atoms with van der Waals surface area (Å²) in [5.74, 6) is -2.82. The number of carbonyl (C=O) groups is 2. The molecule has 0 spiro atoms. The molecular formula is C15H16BrF3N2O3. The van der Waals surface area contributed by atoms with Crippen molar-refractivity contribution in [3.63, 3.8) is 0 Å². The van der Waals surface area contributed by atoms with Gasteiger partial charge in [0.15, 0.2) is 0 Å². The summed E-state index contributed by atoms with van der Waals surface area (Å²) in [4.78, 5) is 24.5. The van der Waals surface area contributed by atoms with Crippen molar-refractivity contribution >= 4 is 27.8 Å². The normalized spacial score (nSPS) is 15.5. The number of carboxylic acids is 1. The van der Waals surface area contributed by atoms with Gasteiger partial charge >= 0.3 is 18.1 Å². The largest absolute Gasteiger partial charge is 0.481 e. The summed E-state index contributed by atoms with van der Waals surface area (Å²) in [6.45, 7) is 0.534. The maximum atomic E-state index is 12.4. The van der Waals surface area contributed by atoms with Crippen LogP contribution in [-0.2, 0) is 16.1 Å². The van der Waals surface area contributed by atoms with E-state index in [0.29, 0.717) is 6.54 Å². The number of likely N-dealkylation sites (tertiary alicyclic amines) is 1. The van der Waals surface area contributed by atoms with Crippen LogP contribution in [0.1, 0.15) is 12.0 Å². The van der Waals surface area contributed by atoms with Crippen LogP contribution in [0.2, 0.25) is 0 Å². The van der Waals surface area contributed by atoms with E-state index in [9.17, 15) is 22.8 Å². The van der Waals surface area contributed by atoms with Crippen LogP contribution in [0.5, 0.6) is 0 Å². The fourth-order valence-electron chi connectivity index (χ4n) is 2.49. The molecule has 2 rings (SSSR count). The van der Waals surface area contributed by atoms with E-state index in [1.165, 1.54) is 0 Å². The minimum absolute atomic E-state index is 0.0471. The summed E-state index contributed by atoms with van der Waals surface area (Å²) in [7, 11) is 0. The molecule has 0 radical (unpaired) electrons. The molecule has 0 aliphatic carbocycles. The number of alkyl halides is 3. The molecule has 0 unspecified atom stereocenters. The van der Waals surface area contributed by atoms with Gasteiger partial charge in [0, 0.05) is 36.7 Å². The van der Waals surface area contributed by atoms with Crippen LogP contribution < -0.4 is 0 Å². The maximum Gasteiger partial charge on any atom is 0.471 e. The van der Waals surface area contributed by atoms with Gasteiger partial charge in [0.05, 0.1) is 6.42 Å². The van der Waals surface area contributed by atoms with Gasteiger partial charge in [0.25, 0.3) is 0 Å². The van der Waals surface area contributed by atoms with Crippen LogP contribution in [0.15, 0.2) is 28.7 Å². The second kappa shape index (κ2) is 7.52. The first-order chi connectivity index (χ1) is 11.2. The van der Waals surface area contributed by atoms with Gasteiger partial charge in [-0.05, 0) is 17.7 Å². The molecule has 0 bridgehead atoms. The van der Waals surface area contributed by atoms with Crippen LogP contribution >= 0.6 is 15.9 Å². The zero-order chi connectivity index (χ0) is 17.9. The predicted molar refractivity (Wildman–Crippen MR) is 83.2 cm³/mol. The fraction of sp³-hybridized carbons (Fsp3) is 0.467. The van der Waals surface area contributed by atoms with Gasteiger partial charge in [-0.2, -0.15) is 13.2 Å². The molecule has 0 saturated carbocycles. The van der Waals surface area contributed by atoms with Gasteiger partial charge < -0.3 is 10.0 Å². The van der Waals surface area contributed by atoms with Gasteiger partial charge in [0.1, 0.15) is 0 Å². The lowest BCUT2D eigenvalue weighted by Crippen LogP contribution is -2.63. The van der Waals surface area contributed by atoms with E-state index < -0.39 is 18.1 Å². The number of carbonyl (C=O) groups excluding carboxylic acids is 1. The highest BCUT2D eigenvalue weighted by Crippen LogP contribution is 2.25. The number of benzene rings is 1. The van der Waals surface area contributed by atoms with E-state index in [-0.39, 0.29) is 32.1 Å². The molecule has 1 aromatic carbocycles. The first kappa shape index (κ1) is 18.7. The zero-order valence-corrected chi connectivity index (χ0v) is 14.2. The molecule has 1 aliphatic rings. The lowest BCUT2D eigenvalue weighted by molar-refractivity contribution is -0.192. The maximum absolute atomic E-state index is 12.4. The van der Waals surface area contributed by atoms with E-state index in [0.717, 1.165) is 14.9 Å². The lowest BCUT2D eigenvalue weighted by atomic mass is 10.0. The highest BCUT2D eigenvalue weighted by atomic mass is 79.9. The Hall–Kier alpha value is -1.61. The van der Waals surface area contributed by atoms with Crippen molar-refractivity contribution in [1.82, 2.24) is 9.80 Å². The molecule has 1 heterocycles. The number of hydrogen-bond donors (Lipinski definition) is 1. The van der Waals surface area contributed by atoms with Crippen LogP contribution in [0.25, 0.3) is 0 Å². The molecule has 5 nitrogen and oxygen atoms in total. The van der Waals surface area contributed by atoms with E-state index >= 15 is 0 Å². The average Bonchev–Trinajstić information content (AvgIpc) is 2.44. The van der Waals surface area contributed by atoms with Crippen molar-refractivity contribution in [2.75, 3.05) is 19.6 Å². The molecule has 24 heavy (non-hydrogen) atoms. The van der Waals surface area contributed by atoms with Gasteiger partial charge in [-0.25, -0.2) is 0 Å². The molecule has 132 valence electrons. The van der Waals surface area contributed by atoms with Crippen molar-refractivity contribution in [3.8, 4) is 0 Å². The predicted octanol–water partition coefficient (Wildman–Crippen LogP) is 2.50. The number of rotatable bonds is 6. The first-order valence-corrected chi connectivity index (χ1v) is 8.02. The Kier molecular flexibility index (Phi) is 5.87. The molecule has 1 fully saturated rings. The number of amides is 1. The quantitative estimate of drug-likeness (QED) is 0.785. The third-order valence-electron chi connectivity index (χ3n) is 3.82. The molecule has 0 atom stereocenters. The van der Waals surface area contributed by atoms with Gasteiger partial charge in [0.2, 0.25) is 0 Å². The van der Waals surface area contributed by atoms with Crippen molar-refractivity contribution < 1.29 is 27.9 Å². The van der Waals surface area contributed by atoms with E-state index in [1.807, 2.05) is 24.3 Å². The Morgan fingerprint density at radius 3 is 2.33 bits per heavy atom. The second-order valence-electron chi connectivity index (χ2n) is 5.60. The average molecular weight is 409 g/mol. The summed E-state index contributed by atoms with van der Waals surface area (Å²) in [5, 5.41) is 8.84. The van der Waals surface area contributed by atoms with Gasteiger partial charge in [-0.3, -0.25) is 14.5 Å². The van der Waals surface area contributed by atoms with E-state index in [4.69, 9.17) is 5.11 Å². The molecule has 9 heteroatoms. The Labute approximate surface area is 145 Å². The number of nitrogens with zero attached hydrogens (tertiary/aromatic N) is 2. The summed E-state index contributed by atoms with van der Waals surface area (Å²) in [6.07, 6.45) is -4.98. The third kappa shape index (κ3) is 4.94. The highest BCUT2D eigenvalue weighted by molar-refractivity contribution is 9.10. The summed E-state index contributed by atoms with van der Waals surface area (Å²) < 4.78 is 38.1. The smallest absolute Gasteiger partial charge is 0.471 e. The van der Waals surface area contributed by atoms with Gasteiger partial charge in [-0.15, -0.1) is 0 Å². The Morgan fingerprint density at radius 2 is 1.83 bits per heavy atom. The number of carboxylic acid groups (broad SMARTS) is 1. The molecule has 1 N–H and O–H groups in total. The van der Waals surface area contributed by atoms with Crippen molar-refractivity contribution in [2.24, 2.45) is 0 Å². The standard InChI is InChI=1S/C15H16BrF3N2O3/c16-11-3-1-10(2-4-11)7-20(6-5-13(22)23)12-8-21(9-12)14(24)15(17,18)19/h1-4,12H,5-9H2,(H,22,23). The van der Waals surface area contributed by atoms with Gasteiger partial charge in [-0.1, -0.05) is 28.1 Å². The van der Waals surface area contributed by atoms with Crippen molar-refractivity contribution in [2.45, 2.75) is 25.2 Å². The summed E-state index contributed by atoms with van der Waals surface area (Å²) >= 11 is 3.32. The van der Waals surface area contributed by atoms with Crippen LogP contribution in [0.3, 0.4) is 0 Å². The molecular weight excluding hydrogens is 393 g/mol. The third-order valence-corrected chi connectivity index (χ3v) is 4.35. The van der Waals surface area contributed by atoms with Crippen LogP contribution in [0, 0.1) is 0 Å². The SMILES string of the molecule is O=C(O)CCN(Cc1ccc(Br)cc1)C1CN(C(=O)C(F)(F)F)C1. The lowest BCUT2D eigenvalue weighted by Gasteiger charge is -2.45. The summed E-state index contributed by atoms with van der Waals surface area (Å²) in [6, 6.07) is 7.11. The van der Waals surface area contributed by atoms with Crippen LogP contribution in [-0.4, -0.2) is 58.6 Å². The van der Waals surface area contributed by atoms with E-state index in [1.54, 1.807) is 4.90 Å². The number of aliphatic carboxylic acids is 1. The molecule has 1 saturated heterocycles. The molecule has 1 amide bonds. The van der Waals surface area contributed by atoms with Crippen LogP contribution in [0.4, 0.5) is 13.2 Å². The minimum atomic E-state index is -4.87. The monoisotopic (exact) mass is 408 g/mol. The Balaban J connectivity index is 1.98. The van der Waals surface area contributed by atoms with Crippen molar-refractivity contribution in [1.29, 1.82) is 0 Å². The molecule has 1 aromatic rings. The molecule has 1 aliphatic heterocycles.